The number of aliphatic hydroxyl groups excluding tert-OH is 1. The van der Waals surface area contributed by atoms with E-state index in [9.17, 15) is 5.11 Å². The number of nitrogens with zero attached hydrogens (tertiary/aromatic N) is 5. The van der Waals surface area contributed by atoms with Crippen molar-refractivity contribution in [2.24, 2.45) is 0 Å². The summed E-state index contributed by atoms with van der Waals surface area (Å²) >= 11 is 0. The highest BCUT2D eigenvalue weighted by Crippen LogP contribution is 2.25. The van der Waals surface area contributed by atoms with Crippen molar-refractivity contribution in [1.29, 1.82) is 0 Å². The minimum Gasteiger partial charge on any atom is -0.396 e. The van der Waals surface area contributed by atoms with Gasteiger partial charge in [0.1, 0.15) is 11.6 Å². The van der Waals surface area contributed by atoms with Crippen LogP contribution in [-0.2, 0) is 13.0 Å². The summed E-state index contributed by atoms with van der Waals surface area (Å²) in [6.45, 7) is 10.2. The van der Waals surface area contributed by atoms with Gasteiger partial charge >= 0.3 is 0 Å². The molecule has 30 heavy (non-hydrogen) atoms. The summed E-state index contributed by atoms with van der Waals surface area (Å²) in [5.41, 5.74) is 4.14. The van der Waals surface area contributed by atoms with Crippen LogP contribution in [0.3, 0.4) is 0 Å². The Balaban J connectivity index is 1.97. The highest BCUT2D eigenvalue weighted by atomic mass is 16.3. The third kappa shape index (κ3) is 5.08. The van der Waals surface area contributed by atoms with E-state index in [1.807, 2.05) is 29.9 Å². The smallest absolute Gasteiger partial charge is 0.162 e. The van der Waals surface area contributed by atoms with Gasteiger partial charge in [-0.25, -0.2) is 4.98 Å². The number of unbranched alkanes of at least 4 members (excludes halogenated alkanes) is 1. The number of hydrogen-bond donors (Lipinski definition) is 2. The SMILES string of the molecule is CCCCN(c1cc(NCc2ccc(C)nc2)n2ncc(CC)c2n1)[C@@H](C)CCO. The van der Waals surface area contributed by atoms with Crippen LogP contribution in [0.1, 0.15) is 56.9 Å². The van der Waals surface area contributed by atoms with Crippen molar-refractivity contribution in [3.8, 4) is 0 Å². The van der Waals surface area contributed by atoms with E-state index >= 15 is 0 Å². The second-order valence-electron chi connectivity index (χ2n) is 7.83. The van der Waals surface area contributed by atoms with E-state index in [-0.39, 0.29) is 12.6 Å². The molecule has 0 radical (unpaired) electrons. The lowest BCUT2D eigenvalue weighted by Crippen LogP contribution is -2.35. The van der Waals surface area contributed by atoms with Gasteiger partial charge < -0.3 is 15.3 Å². The second-order valence-corrected chi connectivity index (χ2v) is 7.83. The van der Waals surface area contributed by atoms with Crippen molar-refractivity contribution in [2.75, 3.05) is 23.4 Å². The topological polar surface area (TPSA) is 78.6 Å². The van der Waals surface area contributed by atoms with Crippen molar-refractivity contribution in [2.45, 2.75) is 66.0 Å². The Bertz CT molecular complexity index is 937. The molecule has 162 valence electrons. The summed E-state index contributed by atoms with van der Waals surface area (Å²) in [6.07, 6.45) is 7.59. The maximum absolute atomic E-state index is 9.48. The largest absolute Gasteiger partial charge is 0.396 e. The maximum Gasteiger partial charge on any atom is 0.162 e. The van der Waals surface area contributed by atoms with Crippen molar-refractivity contribution >= 4 is 17.3 Å². The van der Waals surface area contributed by atoms with E-state index < -0.39 is 0 Å². The van der Waals surface area contributed by atoms with Gasteiger partial charge in [0.25, 0.3) is 0 Å². The van der Waals surface area contributed by atoms with Crippen LogP contribution < -0.4 is 10.2 Å². The lowest BCUT2D eigenvalue weighted by Gasteiger charge is -2.30. The fourth-order valence-electron chi connectivity index (χ4n) is 3.55. The van der Waals surface area contributed by atoms with Gasteiger partial charge in [-0.1, -0.05) is 26.3 Å². The number of aromatic nitrogens is 4. The lowest BCUT2D eigenvalue weighted by atomic mass is 10.2. The van der Waals surface area contributed by atoms with Crippen LogP contribution in [0, 0.1) is 6.92 Å². The molecular weight excluding hydrogens is 376 g/mol. The average Bonchev–Trinajstić information content (AvgIpc) is 3.17. The number of hydrogen-bond acceptors (Lipinski definition) is 6. The molecule has 7 heteroatoms. The molecule has 0 aliphatic heterocycles. The number of nitrogens with one attached hydrogen (secondary N) is 1. The Hall–Kier alpha value is -2.67. The summed E-state index contributed by atoms with van der Waals surface area (Å²) < 4.78 is 1.89. The summed E-state index contributed by atoms with van der Waals surface area (Å²) in [5.74, 6) is 1.84. The molecular formula is C23H34N6O. The highest BCUT2D eigenvalue weighted by molar-refractivity contribution is 5.61. The Morgan fingerprint density at radius 3 is 2.73 bits per heavy atom. The van der Waals surface area contributed by atoms with Gasteiger partial charge in [-0.3, -0.25) is 4.98 Å². The number of rotatable bonds is 11. The Labute approximate surface area is 179 Å². The number of anilines is 2. The fraction of sp³-hybridized carbons (Fsp3) is 0.522. The van der Waals surface area contributed by atoms with E-state index in [0.29, 0.717) is 13.0 Å². The lowest BCUT2D eigenvalue weighted by molar-refractivity contribution is 0.275. The van der Waals surface area contributed by atoms with Crippen molar-refractivity contribution < 1.29 is 5.11 Å². The quantitative estimate of drug-likeness (QED) is 0.498. The van der Waals surface area contributed by atoms with Gasteiger partial charge in [0.05, 0.1) is 6.20 Å². The number of fused-ring (bicyclic) bond motifs is 1. The van der Waals surface area contributed by atoms with Gasteiger partial charge in [-0.05, 0) is 44.7 Å². The van der Waals surface area contributed by atoms with E-state index in [0.717, 1.165) is 59.9 Å². The second kappa shape index (κ2) is 10.4. The molecule has 0 bridgehead atoms. The normalized spacial score (nSPS) is 12.3. The van der Waals surface area contributed by atoms with Gasteiger partial charge in [0.15, 0.2) is 5.65 Å². The molecule has 1 atom stereocenters. The summed E-state index contributed by atoms with van der Waals surface area (Å²) in [7, 11) is 0. The molecule has 0 fully saturated rings. The standard InChI is InChI=1S/C23H34N6O/c1-5-7-11-28(18(4)10-12-30)22-13-21(25-15-19-9-8-17(3)24-14-19)29-23(27-22)20(6-2)16-26-29/h8-9,13-14,16,18,25,30H,5-7,10-12,15H2,1-4H3/t18-/m0/s1. The highest BCUT2D eigenvalue weighted by Gasteiger charge is 2.19. The summed E-state index contributed by atoms with van der Waals surface area (Å²) in [5, 5.41) is 17.6. The fourth-order valence-corrected chi connectivity index (χ4v) is 3.55. The number of aliphatic hydroxyl groups is 1. The molecule has 0 unspecified atom stereocenters. The Morgan fingerprint density at radius 2 is 2.07 bits per heavy atom. The van der Waals surface area contributed by atoms with Crippen LogP contribution >= 0.6 is 0 Å². The Kier molecular flexibility index (Phi) is 7.63. The van der Waals surface area contributed by atoms with Crippen LogP contribution in [0.2, 0.25) is 0 Å². The first-order valence-electron chi connectivity index (χ1n) is 11.0. The first-order chi connectivity index (χ1) is 14.6. The molecule has 3 heterocycles. The van der Waals surface area contributed by atoms with Crippen molar-refractivity contribution in [3.05, 3.63) is 47.4 Å². The van der Waals surface area contributed by atoms with E-state index in [4.69, 9.17) is 4.98 Å². The van der Waals surface area contributed by atoms with Crippen molar-refractivity contribution in [1.82, 2.24) is 19.6 Å². The first-order valence-corrected chi connectivity index (χ1v) is 11.0. The molecule has 0 aliphatic rings. The average molecular weight is 411 g/mol. The molecule has 2 N–H and O–H groups in total. The zero-order valence-corrected chi connectivity index (χ0v) is 18.6. The predicted molar refractivity (Wildman–Crippen MR) is 122 cm³/mol. The van der Waals surface area contributed by atoms with Crippen LogP contribution in [0.5, 0.6) is 0 Å². The molecule has 0 saturated carbocycles. The van der Waals surface area contributed by atoms with Gasteiger partial charge in [0, 0.05) is 49.3 Å². The molecule has 0 aliphatic carbocycles. The molecule has 3 rings (SSSR count). The third-order valence-electron chi connectivity index (χ3n) is 5.48. The molecule has 0 saturated heterocycles. The minimum absolute atomic E-state index is 0.171. The first kappa shape index (κ1) is 22.0. The number of aryl methyl sites for hydroxylation is 2. The van der Waals surface area contributed by atoms with Gasteiger partial charge in [-0.2, -0.15) is 9.61 Å². The molecule has 0 spiro atoms. The maximum atomic E-state index is 9.48. The molecule has 0 aromatic carbocycles. The minimum atomic E-state index is 0.171. The predicted octanol–water partition coefficient (Wildman–Crippen LogP) is 3.98. The Morgan fingerprint density at radius 1 is 1.23 bits per heavy atom. The van der Waals surface area contributed by atoms with Crippen LogP contribution in [-0.4, -0.2) is 43.9 Å². The van der Waals surface area contributed by atoms with Crippen LogP contribution in [0.25, 0.3) is 5.65 Å². The summed E-state index contributed by atoms with van der Waals surface area (Å²) in [4.78, 5) is 11.7. The monoisotopic (exact) mass is 410 g/mol. The number of pyridine rings is 1. The van der Waals surface area contributed by atoms with E-state index in [1.165, 1.54) is 0 Å². The molecule has 3 aromatic heterocycles. The van der Waals surface area contributed by atoms with E-state index in [2.05, 4.69) is 53.2 Å². The third-order valence-corrected chi connectivity index (χ3v) is 5.48. The van der Waals surface area contributed by atoms with Gasteiger partial charge in [0.2, 0.25) is 0 Å². The zero-order chi connectivity index (χ0) is 21.5. The zero-order valence-electron chi connectivity index (χ0n) is 18.6. The van der Waals surface area contributed by atoms with Crippen molar-refractivity contribution in [3.63, 3.8) is 0 Å². The van der Waals surface area contributed by atoms with Crippen LogP contribution in [0.15, 0.2) is 30.6 Å². The molecule has 0 amide bonds. The van der Waals surface area contributed by atoms with E-state index in [1.54, 1.807) is 0 Å². The molecule has 3 aromatic rings. The van der Waals surface area contributed by atoms with Crippen LogP contribution in [0.4, 0.5) is 11.6 Å². The van der Waals surface area contributed by atoms with Gasteiger partial charge in [-0.15, -0.1) is 0 Å². The molecule has 7 nitrogen and oxygen atoms in total. The summed E-state index contributed by atoms with van der Waals surface area (Å²) in [6, 6.07) is 6.39.